The lowest BCUT2D eigenvalue weighted by molar-refractivity contribution is 0.111. The highest BCUT2D eigenvalue weighted by molar-refractivity contribution is 6.30. The lowest BCUT2D eigenvalue weighted by Gasteiger charge is -1.99. The molecule has 0 amide bonds. The molecule has 0 atom stereocenters. The second kappa shape index (κ2) is 4.48. The summed E-state index contributed by atoms with van der Waals surface area (Å²) in [5, 5.41) is 0.499. The van der Waals surface area contributed by atoms with Crippen LogP contribution >= 0.6 is 11.6 Å². The monoisotopic (exact) mass is 274 g/mol. The molecule has 0 saturated carbocycles. The lowest BCUT2D eigenvalue weighted by Crippen LogP contribution is -1.92. The Bertz CT molecular complexity index is 782. The lowest BCUT2D eigenvalue weighted by atomic mass is 10.1. The van der Waals surface area contributed by atoms with Crippen LogP contribution in [-0.4, -0.2) is 15.7 Å². The molecule has 0 aliphatic rings. The molecule has 3 rings (SSSR count). The standard InChI is InChI=1S/C14H8ClFN2O/c15-10-4-5-13-17-14(12(8-19)18(13)7-10)9-2-1-3-11(16)6-9/h1-8H. The predicted molar refractivity (Wildman–Crippen MR) is 71.0 cm³/mol. The van der Waals surface area contributed by atoms with Crippen molar-refractivity contribution in [1.82, 2.24) is 9.38 Å². The minimum Gasteiger partial charge on any atom is -0.296 e. The van der Waals surface area contributed by atoms with E-state index in [9.17, 15) is 9.18 Å². The Morgan fingerprint density at radius 2 is 2.11 bits per heavy atom. The van der Waals surface area contributed by atoms with Gasteiger partial charge in [-0.1, -0.05) is 23.7 Å². The van der Waals surface area contributed by atoms with Gasteiger partial charge in [0.05, 0.1) is 5.02 Å². The van der Waals surface area contributed by atoms with Crippen LogP contribution in [0.2, 0.25) is 5.02 Å². The van der Waals surface area contributed by atoms with Crippen molar-refractivity contribution >= 4 is 23.5 Å². The Morgan fingerprint density at radius 1 is 1.26 bits per heavy atom. The zero-order chi connectivity index (χ0) is 13.4. The normalized spacial score (nSPS) is 10.8. The molecule has 0 radical (unpaired) electrons. The van der Waals surface area contributed by atoms with Gasteiger partial charge in [0.1, 0.15) is 22.9 Å². The number of aromatic nitrogens is 2. The summed E-state index contributed by atoms with van der Waals surface area (Å²) in [6.45, 7) is 0. The van der Waals surface area contributed by atoms with Crippen LogP contribution in [-0.2, 0) is 0 Å². The summed E-state index contributed by atoms with van der Waals surface area (Å²) < 4.78 is 14.9. The van der Waals surface area contributed by atoms with Gasteiger partial charge in [-0.15, -0.1) is 0 Å². The van der Waals surface area contributed by atoms with Crippen molar-refractivity contribution in [1.29, 1.82) is 0 Å². The summed E-state index contributed by atoms with van der Waals surface area (Å²) >= 11 is 5.90. The number of aldehydes is 1. The maximum atomic E-state index is 13.3. The summed E-state index contributed by atoms with van der Waals surface area (Å²) in [4.78, 5) is 15.6. The molecular weight excluding hydrogens is 267 g/mol. The van der Waals surface area contributed by atoms with Crippen LogP contribution < -0.4 is 0 Å². The van der Waals surface area contributed by atoms with Gasteiger partial charge in [0.2, 0.25) is 0 Å². The van der Waals surface area contributed by atoms with Gasteiger partial charge in [0.15, 0.2) is 6.29 Å². The molecule has 2 heterocycles. The van der Waals surface area contributed by atoms with Crippen LogP contribution in [0.3, 0.4) is 0 Å². The smallest absolute Gasteiger partial charge is 0.169 e. The van der Waals surface area contributed by atoms with E-state index in [2.05, 4.69) is 4.98 Å². The molecule has 0 fully saturated rings. The van der Waals surface area contributed by atoms with E-state index in [0.717, 1.165) is 0 Å². The molecule has 0 saturated heterocycles. The van der Waals surface area contributed by atoms with E-state index < -0.39 is 0 Å². The van der Waals surface area contributed by atoms with E-state index in [0.29, 0.717) is 33.9 Å². The van der Waals surface area contributed by atoms with Crippen molar-refractivity contribution in [2.75, 3.05) is 0 Å². The third kappa shape index (κ3) is 2.00. The SMILES string of the molecule is O=Cc1c(-c2cccc(F)c2)nc2ccc(Cl)cn12. The first-order chi connectivity index (χ1) is 9.19. The van der Waals surface area contributed by atoms with Gasteiger partial charge in [-0.2, -0.15) is 0 Å². The number of carbonyl (C=O) groups is 1. The maximum Gasteiger partial charge on any atom is 0.169 e. The highest BCUT2D eigenvalue weighted by atomic mass is 35.5. The Hall–Kier alpha value is -2.20. The number of imidazole rings is 1. The summed E-state index contributed by atoms with van der Waals surface area (Å²) in [7, 11) is 0. The number of carbonyl (C=O) groups excluding carboxylic acids is 1. The Kier molecular flexibility index (Phi) is 2.80. The molecule has 0 spiro atoms. The minimum atomic E-state index is -0.371. The van der Waals surface area contributed by atoms with Gasteiger partial charge in [0.25, 0.3) is 0 Å². The van der Waals surface area contributed by atoms with E-state index in [1.807, 2.05) is 0 Å². The Labute approximate surface area is 113 Å². The molecule has 3 nitrogen and oxygen atoms in total. The van der Waals surface area contributed by atoms with Gasteiger partial charge in [-0.05, 0) is 24.3 Å². The van der Waals surface area contributed by atoms with E-state index in [-0.39, 0.29) is 5.82 Å². The average molecular weight is 275 g/mol. The second-order valence-electron chi connectivity index (χ2n) is 4.05. The first-order valence-electron chi connectivity index (χ1n) is 5.58. The number of benzene rings is 1. The van der Waals surface area contributed by atoms with Crippen LogP contribution in [0.1, 0.15) is 10.5 Å². The number of halogens is 2. The fourth-order valence-corrected chi connectivity index (χ4v) is 2.16. The van der Waals surface area contributed by atoms with Crippen molar-refractivity contribution in [3.05, 3.63) is 59.1 Å². The molecule has 2 aromatic heterocycles. The van der Waals surface area contributed by atoms with Crippen LogP contribution in [0, 0.1) is 5.82 Å². The van der Waals surface area contributed by atoms with Crippen molar-refractivity contribution in [3.8, 4) is 11.3 Å². The topological polar surface area (TPSA) is 34.4 Å². The van der Waals surface area contributed by atoms with Crippen molar-refractivity contribution in [3.63, 3.8) is 0 Å². The van der Waals surface area contributed by atoms with Crippen molar-refractivity contribution < 1.29 is 9.18 Å². The van der Waals surface area contributed by atoms with Gasteiger partial charge >= 0.3 is 0 Å². The zero-order valence-corrected chi connectivity index (χ0v) is 10.4. The van der Waals surface area contributed by atoms with E-state index >= 15 is 0 Å². The fourth-order valence-electron chi connectivity index (χ4n) is 2.00. The molecule has 3 aromatic rings. The molecule has 0 N–H and O–H groups in total. The largest absolute Gasteiger partial charge is 0.296 e. The quantitative estimate of drug-likeness (QED) is 0.669. The summed E-state index contributed by atoms with van der Waals surface area (Å²) in [6.07, 6.45) is 2.30. The third-order valence-electron chi connectivity index (χ3n) is 2.83. The van der Waals surface area contributed by atoms with Gasteiger partial charge in [0, 0.05) is 11.8 Å². The zero-order valence-electron chi connectivity index (χ0n) is 9.68. The molecule has 0 aliphatic carbocycles. The maximum absolute atomic E-state index is 13.3. The first-order valence-corrected chi connectivity index (χ1v) is 5.95. The van der Waals surface area contributed by atoms with E-state index in [4.69, 9.17) is 11.6 Å². The number of hydrogen-bond acceptors (Lipinski definition) is 2. The van der Waals surface area contributed by atoms with E-state index in [1.54, 1.807) is 34.9 Å². The molecule has 0 bridgehead atoms. The van der Waals surface area contributed by atoms with Crippen LogP contribution in [0.4, 0.5) is 4.39 Å². The van der Waals surface area contributed by atoms with Gasteiger partial charge in [-0.25, -0.2) is 9.37 Å². The average Bonchev–Trinajstić information content (AvgIpc) is 2.76. The molecule has 94 valence electrons. The number of nitrogens with zero attached hydrogens (tertiary/aromatic N) is 2. The molecule has 0 aliphatic heterocycles. The predicted octanol–water partition coefficient (Wildman–Crippen LogP) is 3.61. The molecule has 5 heteroatoms. The highest BCUT2D eigenvalue weighted by Crippen LogP contribution is 2.25. The molecule has 19 heavy (non-hydrogen) atoms. The van der Waals surface area contributed by atoms with Crippen molar-refractivity contribution in [2.45, 2.75) is 0 Å². The number of rotatable bonds is 2. The minimum absolute atomic E-state index is 0.350. The molecule has 1 aromatic carbocycles. The Balaban J connectivity index is 2.32. The van der Waals surface area contributed by atoms with Crippen LogP contribution in [0.5, 0.6) is 0 Å². The number of fused-ring (bicyclic) bond motifs is 1. The van der Waals surface area contributed by atoms with Crippen molar-refractivity contribution in [2.24, 2.45) is 0 Å². The number of hydrogen-bond donors (Lipinski definition) is 0. The number of pyridine rings is 1. The fraction of sp³-hybridized carbons (Fsp3) is 0. The summed E-state index contributed by atoms with van der Waals surface area (Å²) in [6, 6.07) is 9.37. The van der Waals surface area contributed by atoms with Crippen LogP contribution in [0.15, 0.2) is 42.6 Å². The first kappa shape index (κ1) is 11.9. The van der Waals surface area contributed by atoms with Crippen LogP contribution in [0.25, 0.3) is 16.9 Å². The van der Waals surface area contributed by atoms with E-state index in [1.165, 1.54) is 12.1 Å². The Morgan fingerprint density at radius 3 is 2.84 bits per heavy atom. The summed E-state index contributed by atoms with van der Waals surface area (Å²) in [5.74, 6) is -0.371. The third-order valence-corrected chi connectivity index (χ3v) is 3.05. The van der Waals surface area contributed by atoms with Gasteiger partial charge < -0.3 is 0 Å². The van der Waals surface area contributed by atoms with Gasteiger partial charge in [-0.3, -0.25) is 9.20 Å². The molecule has 0 unspecified atom stereocenters. The second-order valence-corrected chi connectivity index (χ2v) is 4.49. The highest BCUT2D eigenvalue weighted by Gasteiger charge is 2.13. The summed E-state index contributed by atoms with van der Waals surface area (Å²) in [5.41, 5.74) is 1.94. The molecular formula is C14H8ClFN2O.